The molecular weight excluding hydrogens is 398 g/mol. The van der Waals surface area contributed by atoms with Crippen LogP contribution in [-0.4, -0.2) is 37.5 Å². The Morgan fingerprint density at radius 2 is 1.58 bits per heavy atom. The predicted molar refractivity (Wildman–Crippen MR) is 118 cm³/mol. The summed E-state index contributed by atoms with van der Waals surface area (Å²) in [5.41, 5.74) is 1.01. The van der Waals surface area contributed by atoms with Crippen LogP contribution in [0, 0.1) is 5.92 Å². The lowest BCUT2D eigenvalue weighted by Crippen LogP contribution is -2.16. The van der Waals surface area contributed by atoms with Gasteiger partial charge in [-0.15, -0.1) is 0 Å². The molecule has 0 aromatic heterocycles. The lowest BCUT2D eigenvalue weighted by atomic mass is 10.1. The maximum absolute atomic E-state index is 12.2. The summed E-state index contributed by atoms with van der Waals surface area (Å²) in [6.07, 6.45) is 0.437. The molecule has 2 rings (SSSR count). The normalized spacial score (nSPS) is 10.5. The van der Waals surface area contributed by atoms with Crippen molar-refractivity contribution in [2.45, 2.75) is 33.6 Å². The molecule has 2 aromatic carbocycles. The van der Waals surface area contributed by atoms with E-state index in [9.17, 15) is 14.4 Å². The molecular formula is C24H29NO6. The van der Waals surface area contributed by atoms with E-state index >= 15 is 0 Å². The first-order valence-corrected chi connectivity index (χ1v) is 10.3. The summed E-state index contributed by atoms with van der Waals surface area (Å²) in [7, 11) is 0. The number of carbonyl (C=O) groups excluding carboxylic acids is 3. The fourth-order valence-corrected chi connectivity index (χ4v) is 2.71. The van der Waals surface area contributed by atoms with Gasteiger partial charge in [0.1, 0.15) is 0 Å². The van der Waals surface area contributed by atoms with Crippen molar-refractivity contribution >= 4 is 23.3 Å². The van der Waals surface area contributed by atoms with Crippen LogP contribution in [0.4, 0.5) is 5.69 Å². The molecule has 0 aliphatic rings. The second kappa shape index (κ2) is 12.4. The molecule has 0 saturated heterocycles. The molecule has 0 aliphatic carbocycles. The van der Waals surface area contributed by atoms with Gasteiger partial charge in [0.2, 0.25) is 5.91 Å². The van der Waals surface area contributed by atoms with Crippen molar-refractivity contribution in [2.24, 2.45) is 5.92 Å². The number of amides is 1. The zero-order chi connectivity index (χ0) is 22.6. The number of ketones is 1. The summed E-state index contributed by atoms with van der Waals surface area (Å²) in [4.78, 5) is 35.9. The highest BCUT2D eigenvalue weighted by Crippen LogP contribution is 2.26. The van der Waals surface area contributed by atoms with Crippen molar-refractivity contribution in [2.75, 3.05) is 25.1 Å². The lowest BCUT2D eigenvalue weighted by Gasteiger charge is -2.11. The van der Waals surface area contributed by atoms with Crippen molar-refractivity contribution in [1.29, 1.82) is 0 Å². The monoisotopic (exact) mass is 427 g/mol. The van der Waals surface area contributed by atoms with Crippen LogP contribution in [0.1, 0.15) is 44.0 Å². The number of hydrogen-bond donors (Lipinski definition) is 1. The molecule has 0 radical (unpaired) electrons. The highest BCUT2D eigenvalue weighted by Gasteiger charge is 2.12. The number of benzene rings is 2. The van der Waals surface area contributed by atoms with Crippen molar-refractivity contribution in [3.63, 3.8) is 0 Å². The average Bonchev–Trinajstić information content (AvgIpc) is 2.73. The maximum Gasteiger partial charge on any atom is 0.309 e. The zero-order valence-electron chi connectivity index (χ0n) is 18.2. The van der Waals surface area contributed by atoms with Gasteiger partial charge in [-0.1, -0.05) is 26.0 Å². The van der Waals surface area contributed by atoms with Gasteiger partial charge in [0, 0.05) is 17.7 Å². The first-order chi connectivity index (χ1) is 14.9. The molecule has 0 fully saturated rings. The number of nitrogens with one attached hydrogen (secondary N) is 1. The van der Waals surface area contributed by atoms with Gasteiger partial charge in [-0.2, -0.15) is 0 Å². The number of ether oxygens (including phenoxy) is 3. The van der Waals surface area contributed by atoms with Crippen LogP contribution in [0.3, 0.4) is 0 Å². The molecule has 31 heavy (non-hydrogen) atoms. The van der Waals surface area contributed by atoms with Crippen molar-refractivity contribution in [3.8, 4) is 11.5 Å². The number of anilines is 1. The zero-order valence-corrected chi connectivity index (χ0v) is 18.2. The summed E-state index contributed by atoms with van der Waals surface area (Å²) in [5.74, 6) is 0.497. The summed E-state index contributed by atoms with van der Waals surface area (Å²) in [6.45, 7) is 6.08. The third-order valence-corrected chi connectivity index (χ3v) is 4.16. The molecule has 0 heterocycles. The minimum Gasteiger partial charge on any atom is -0.490 e. The van der Waals surface area contributed by atoms with Crippen molar-refractivity contribution in [3.05, 3.63) is 54.1 Å². The minimum absolute atomic E-state index is 0.00849. The molecule has 0 aliphatic heterocycles. The van der Waals surface area contributed by atoms with E-state index < -0.39 is 5.97 Å². The fourth-order valence-electron chi connectivity index (χ4n) is 2.71. The first-order valence-electron chi connectivity index (χ1n) is 10.3. The molecule has 1 amide bonds. The van der Waals surface area contributed by atoms with Crippen LogP contribution in [0.15, 0.2) is 48.5 Å². The Hall–Kier alpha value is -3.35. The minimum atomic E-state index is -0.528. The summed E-state index contributed by atoms with van der Waals surface area (Å²) in [6, 6.07) is 13.7. The van der Waals surface area contributed by atoms with Crippen LogP contribution in [0.25, 0.3) is 0 Å². The van der Waals surface area contributed by atoms with E-state index in [-0.39, 0.29) is 37.2 Å². The highest BCUT2D eigenvalue weighted by atomic mass is 16.5. The molecule has 7 nitrogen and oxygen atoms in total. The molecule has 0 bridgehead atoms. The van der Waals surface area contributed by atoms with Crippen LogP contribution >= 0.6 is 0 Å². The quantitative estimate of drug-likeness (QED) is 0.402. The van der Waals surface area contributed by atoms with Crippen LogP contribution in [0.2, 0.25) is 0 Å². The Balaban J connectivity index is 1.74. The van der Waals surface area contributed by atoms with E-state index in [2.05, 4.69) is 5.32 Å². The van der Waals surface area contributed by atoms with Crippen LogP contribution in [-0.2, 0) is 14.3 Å². The number of hydrogen-bond acceptors (Lipinski definition) is 6. The Bertz CT molecular complexity index is 876. The average molecular weight is 427 g/mol. The van der Waals surface area contributed by atoms with Gasteiger partial charge in [0.25, 0.3) is 0 Å². The Morgan fingerprint density at radius 1 is 0.935 bits per heavy atom. The van der Waals surface area contributed by atoms with Gasteiger partial charge in [-0.05, 0) is 49.2 Å². The predicted octanol–water partition coefficient (Wildman–Crippen LogP) is 4.26. The molecule has 0 atom stereocenters. The van der Waals surface area contributed by atoms with Gasteiger partial charge in [-0.25, -0.2) is 0 Å². The van der Waals surface area contributed by atoms with Crippen molar-refractivity contribution in [1.82, 2.24) is 0 Å². The summed E-state index contributed by atoms with van der Waals surface area (Å²) in [5, 5.41) is 2.78. The van der Waals surface area contributed by atoms with E-state index in [4.69, 9.17) is 14.2 Å². The molecule has 7 heteroatoms. The largest absolute Gasteiger partial charge is 0.490 e. The fraction of sp³-hybridized carbons (Fsp3) is 0.375. The van der Waals surface area contributed by atoms with Gasteiger partial charge >= 0.3 is 5.97 Å². The Labute approximate surface area is 182 Å². The number of para-hydroxylation sites is 2. The highest BCUT2D eigenvalue weighted by molar-refractivity contribution is 5.98. The molecule has 0 spiro atoms. The second-order valence-corrected chi connectivity index (χ2v) is 7.29. The second-order valence-electron chi connectivity index (χ2n) is 7.29. The van der Waals surface area contributed by atoms with Gasteiger partial charge in [0.05, 0.1) is 19.6 Å². The van der Waals surface area contributed by atoms with E-state index in [1.807, 2.05) is 32.9 Å². The molecule has 1 N–H and O–H groups in total. The van der Waals surface area contributed by atoms with E-state index in [1.165, 1.54) is 0 Å². The number of rotatable bonds is 12. The topological polar surface area (TPSA) is 90.9 Å². The summed E-state index contributed by atoms with van der Waals surface area (Å²) < 4.78 is 16.1. The molecule has 0 saturated carbocycles. The van der Waals surface area contributed by atoms with Gasteiger partial charge < -0.3 is 19.5 Å². The smallest absolute Gasteiger partial charge is 0.309 e. The SMILES string of the molecule is CCOc1ccccc1OCCC(=O)OCC(=O)c1ccc(NC(=O)CC(C)C)cc1. The number of Topliss-reactive ketones (excluding diaryl/α,β-unsaturated/α-hetero) is 1. The standard InChI is InChI=1S/C24H29NO6/c1-4-29-21-7-5-6-8-22(21)30-14-13-24(28)31-16-20(26)18-9-11-19(12-10-18)25-23(27)15-17(2)3/h5-12,17H,4,13-16H2,1-3H3,(H,25,27). The van der Waals surface area contributed by atoms with E-state index in [1.54, 1.807) is 36.4 Å². The van der Waals surface area contributed by atoms with Gasteiger partial charge in [0.15, 0.2) is 23.9 Å². The lowest BCUT2D eigenvalue weighted by molar-refractivity contribution is -0.143. The van der Waals surface area contributed by atoms with Crippen molar-refractivity contribution < 1.29 is 28.6 Å². The molecule has 2 aromatic rings. The Kier molecular flexibility index (Phi) is 9.55. The van der Waals surface area contributed by atoms with E-state index in [0.29, 0.717) is 35.8 Å². The maximum atomic E-state index is 12.2. The molecule has 0 unspecified atom stereocenters. The Morgan fingerprint density at radius 3 is 2.19 bits per heavy atom. The third kappa shape index (κ3) is 8.50. The number of carbonyl (C=O) groups is 3. The first kappa shape index (κ1) is 23.9. The number of esters is 1. The van der Waals surface area contributed by atoms with Gasteiger partial charge in [-0.3, -0.25) is 14.4 Å². The van der Waals surface area contributed by atoms with E-state index in [0.717, 1.165) is 0 Å². The van der Waals surface area contributed by atoms with Crippen LogP contribution in [0.5, 0.6) is 11.5 Å². The summed E-state index contributed by atoms with van der Waals surface area (Å²) >= 11 is 0. The molecule has 166 valence electrons. The van der Waals surface area contributed by atoms with Crippen LogP contribution < -0.4 is 14.8 Å². The third-order valence-electron chi connectivity index (χ3n) is 4.16.